The molecule has 0 spiro atoms. The molecule has 114 valence electrons. The van der Waals surface area contributed by atoms with Crippen LogP contribution in [0.2, 0.25) is 0 Å². The Labute approximate surface area is 129 Å². The van der Waals surface area contributed by atoms with E-state index in [0.717, 1.165) is 31.1 Å². The number of ether oxygens (including phenoxy) is 1. The highest BCUT2D eigenvalue weighted by atomic mass is 16.5. The molecule has 6 heteroatoms. The van der Waals surface area contributed by atoms with Crippen molar-refractivity contribution in [2.75, 3.05) is 19.7 Å². The van der Waals surface area contributed by atoms with Crippen molar-refractivity contribution in [1.29, 1.82) is 5.26 Å². The van der Waals surface area contributed by atoms with Crippen LogP contribution in [0.4, 0.5) is 0 Å². The smallest absolute Gasteiger partial charge is 0.141 e. The Morgan fingerprint density at radius 2 is 2.18 bits per heavy atom. The van der Waals surface area contributed by atoms with E-state index in [1.807, 2.05) is 12.1 Å². The van der Waals surface area contributed by atoms with Gasteiger partial charge in [-0.25, -0.2) is 4.98 Å². The molecule has 2 aromatic rings. The molecule has 22 heavy (non-hydrogen) atoms. The normalized spacial score (nSPS) is 18.8. The minimum absolute atomic E-state index is 0.306. The number of aromatic nitrogens is 3. The molecule has 0 bridgehead atoms. The third kappa shape index (κ3) is 3.43. The van der Waals surface area contributed by atoms with E-state index in [1.165, 1.54) is 12.8 Å². The monoisotopic (exact) mass is 297 g/mol. The number of likely N-dealkylation sites (tertiary alicyclic amines) is 1. The third-order valence-electron chi connectivity index (χ3n) is 3.99. The lowest BCUT2D eigenvalue weighted by molar-refractivity contribution is 0.118. The van der Waals surface area contributed by atoms with Crippen molar-refractivity contribution < 1.29 is 4.74 Å². The molecular formula is C16H19N5O. The van der Waals surface area contributed by atoms with Crippen LogP contribution >= 0.6 is 0 Å². The van der Waals surface area contributed by atoms with E-state index in [2.05, 4.69) is 26.2 Å². The van der Waals surface area contributed by atoms with Crippen molar-refractivity contribution in [1.82, 2.24) is 20.1 Å². The third-order valence-corrected chi connectivity index (χ3v) is 3.99. The lowest BCUT2D eigenvalue weighted by atomic mass is 10.0. The molecule has 0 aliphatic carbocycles. The number of piperidine rings is 1. The molecular weight excluding hydrogens is 278 g/mol. The first-order valence-corrected chi connectivity index (χ1v) is 7.59. The van der Waals surface area contributed by atoms with E-state index in [1.54, 1.807) is 18.5 Å². The maximum absolute atomic E-state index is 8.78. The number of hydrogen-bond donors (Lipinski definition) is 1. The van der Waals surface area contributed by atoms with Gasteiger partial charge >= 0.3 is 0 Å². The predicted molar refractivity (Wildman–Crippen MR) is 81.2 cm³/mol. The number of hydrogen-bond acceptors (Lipinski definition) is 5. The van der Waals surface area contributed by atoms with Crippen LogP contribution in [0.5, 0.6) is 5.75 Å². The van der Waals surface area contributed by atoms with E-state index >= 15 is 0 Å². The molecule has 1 aliphatic rings. The summed E-state index contributed by atoms with van der Waals surface area (Å²) in [6, 6.07) is 9.62. The number of benzene rings is 1. The Morgan fingerprint density at radius 1 is 1.32 bits per heavy atom. The molecule has 0 amide bonds. The molecule has 1 unspecified atom stereocenters. The second-order valence-corrected chi connectivity index (χ2v) is 5.40. The highest BCUT2D eigenvalue weighted by Crippen LogP contribution is 2.28. The van der Waals surface area contributed by atoms with E-state index in [4.69, 9.17) is 10.00 Å². The molecule has 0 radical (unpaired) electrons. The standard InChI is InChI=1S/C16H19N5O/c17-11-13-4-6-14(7-5-13)22-10-9-21-8-2-1-3-15(21)16-18-12-19-20-16/h4-7,12,15H,1-3,8-10H2,(H,18,19,20). The molecule has 1 saturated heterocycles. The van der Waals surface area contributed by atoms with Crippen molar-refractivity contribution in [3.05, 3.63) is 42.0 Å². The van der Waals surface area contributed by atoms with Gasteiger partial charge < -0.3 is 4.74 Å². The summed E-state index contributed by atoms with van der Waals surface area (Å²) in [5, 5.41) is 15.7. The molecule has 2 heterocycles. The molecule has 1 N–H and O–H groups in total. The first kappa shape index (κ1) is 14.5. The van der Waals surface area contributed by atoms with Crippen molar-refractivity contribution in [2.24, 2.45) is 0 Å². The van der Waals surface area contributed by atoms with Crippen molar-refractivity contribution in [2.45, 2.75) is 25.3 Å². The highest BCUT2D eigenvalue weighted by Gasteiger charge is 2.25. The Morgan fingerprint density at radius 3 is 2.91 bits per heavy atom. The number of nitriles is 1. The molecule has 1 aromatic heterocycles. The van der Waals surface area contributed by atoms with Gasteiger partial charge in [0.15, 0.2) is 0 Å². The van der Waals surface area contributed by atoms with E-state index in [0.29, 0.717) is 18.2 Å². The zero-order valence-electron chi connectivity index (χ0n) is 12.4. The second kappa shape index (κ2) is 7.05. The number of aromatic amines is 1. The average Bonchev–Trinajstić information content (AvgIpc) is 3.10. The summed E-state index contributed by atoms with van der Waals surface area (Å²) in [5.74, 6) is 1.74. The van der Waals surface area contributed by atoms with E-state index in [9.17, 15) is 0 Å². The Kier molecular flexibility index (Phi) is 4.66. The van der Waals surface area contributed by atoms with Gasteiger partial charge in [0.05, 0.1) is 17.7 Å². The summed E-state index contributed by atoms with van der Waals surface area (Å²) in [4.78, 5) is 6.69. The Hall–Kier alpha value is -2.39. The van der Waals surface area contributed by atoms with Gasteiger partial charge in [0.1, 0.15) is 24.5 Å². The summed E-state index contributed by atoms with van der Waals surface area (Å²) in [7, 11) is 0. The first-order valence-electron chi connectivity index (χ1n) is 7.59. The molecule has 0 saturated carbocycles. The van der Waals surface area contributed by atoms with Gasteiger partial charge in [-0.2, -0.15) is 10.4 Å². The van der Waals surface area contributed by atoms with Crippen LogP contribution in [0.15, 0.2) is 30.6 Å². The van der Waals surface area contributed by atoms with Gasteiger partial charge in [-0.1, -0.05) is 6.42 Å². The van der Waals surface area contributed by atoms with Crippen LogP contribution in [0.25, 0.3) is 0 Å². The average molecular weight is 297 g/mol. The van der Waals surface area contributed by atoms with Gasteiger partial charge in [0.25, 0.3) is 0 Å². The molecule has 1 aromatic carbocycles. The topological polar surface area (TPSA) is 77.8 Å². The summed E-state index contributed by atoms with van der Waals surface area (Å²) in [6.45, 7) is 2.53. The molecule has 3 rings (SSSR count). The first-order chi connectivity index (χ1) is 10.9. The SMILES string of the molecule is N#Cc1ccc(OCCN2CCCCC2c2ncn[nH]2)cc1. The number of H-pyrrole nitrogens is 1. The number of nitrogens with zero attached hydrogens (tertiary/aromatic N) is 4. The maximum Gasteiger partial charge on any atom is 0.141 e. The van der Waals surface area contributed by atoms with Gasteiger partial charge in [-0.3, -0.25) is 10.00 Å². The van der Waals surface area contributed by atoms with Gasteiger partial charge in [-0.05, 0) is 43.7 Å². The van der Waals surface area contributed by atoms with Gasteiger partial charge in [0, 0.05) is 6.54 Å². The van der Waals surface area contributed by atoms with Crippen LogP contribution in [0.3, 0.4) is 0 Å². The minimum atomic E-state index is 0.306. The zero-order valence-corrected chi connectivity index (χ0v) is 12.4. The van der Waals surface area contributed by atoms with E-state index < -0.39 is 0 Å². The van der Waals surface area contributed by atoms with Crippen LogP contribution in [0, 0.1) is 11.3 Å². The summed E-state index contributed by atoms with van der Waals surface area (Å²) >= 11 is 0. The minimum Gasteiger partial charge on any atom is -0.492 e. The molecule has 1 atom stereocenters. The summed E-state index contributed by atoms with van der Waals surface area (Å²) in [5.41, 5.74) is 0.647. The fourth-order valence-electron chi connectivity index (χ4n) is 2.85. The van der Waals surface area contributed by atoms with Crippen LogP contribution < -0.4 is 4.74 Å². The lowest BCUT2D eigenvalue weighted by Gasteiger charge is -2.34. The van der Waals surface area contributed by atoms with Crippen LogP contribution in [-0.4, -0.2) is 39.8 Å². The fraction of sp³-hybridized carbons (Fsp3) is 0.438. The van der Waals surface area contributed by atoms with Gasteiger partial charge in [0.2, 0.25) is 0 Å². The van der Waals surface area contributed by atoms with Crippen LogP contribution in [-0.2, 0) is 0 Å². The molecule has 1 aliphatic heterocycles. The summed E-state index contributed by atoms with van der Waals surface area (Å²) < 4.78 is 5.78. The highest BCUT2D eigenvalue weighted by molar-refractivity contribution is 5.34. The van der Waals surface area contributed by atoms with Crippen molar-refractivity contribution >= 4 is 0 Å². The van der Waals surface area contributed by atoms with Crippen molar-refractivity contribution in [3.63, 3.8) is 0 Å². The predicted octanol–water partition coefficient (Wildman–Crippen LogP) is 2.28. The Balaban J connectivity index is 1.54. The maximum atomic E-state index is 8.78. The van der Waals surface area contributed by atoms with Gasteiger partial charge in [-0.15, -0.1) is 0 Å². The van der Waals surface area contributed by atoms with Crippen molar-refractivity contribution in [3.8, 4) is 11.8 Å². The second-order valence-electron chi connectivity index (χ2n) is 5.40. The fourth-order valence-corrected chi connectivity index (χ4v) is 2.85. The van der Waals surface area contributed by atoms with Crippen LogP contribution in [0.1, 0.15) is 36.7 Å². The lowest BCUT2D eigenvalue weighted by Crippen LogP contribution is -2.37. The molecule has 1 fully saturated rings. The largest absolute Gasteiger partial charge is 0.492 e. The zero-order chi connectivity index (χ0) is 15.2. The summed E-state index contributed by atoms with van der Waals surface area (Å²) in [6.07, 6.45) is 5.10. The van der Waals surface area contributed by atoms with E-state index in [-0.39, 0.29) is 0 Å². The molecule has 6 nitrogen and oxygen atoms in total. The number of nitrogens with one attached hydrogen (secondary N) is 1. The quantitative estimate of drug-likeness (QED) is 0.916. The Bertz CT molecular complexity index is 617. The number of rotatable bonds is 5.